The van der Waals surface area contributed by atoms with Crippen LogP contribution in [0, 0.1) is 22.2 Å². The van der Waals surface area contributed by atoms with E-state index < -0.39 is 27.8 Å². The minimum Gasteiger partial charge on any atom is -0.376 e. The Morgan fingerprint density at radius 1 is 1.21 bits per heavy atom. The summed E-state index contributed by atoms with van der Waals surface area (Å²) in [5.41, 5.74) is -4.15. The summed E-state index contributed by atoms with van der Waals surface area (Å²) in [6.45, 7) is 10.9. The lowest BCUT2D eigenvalue weighted by atomic mass is 9.45. The molecule has 1 saturated carbocycles. The first kappa shape index (κ1) is 17.0. The second-order valence-electron chi connectivity index (χ2n) is 8.46. The van der Waals surface area contributed by atoms with E-state index >= 15 is 0 Å². The lowest BCUT2D eigenvalue weighted by molar-refractivity contribution is -0.167. The smallest absolute Gasteiger partial charge is 0.171 e. The average molecular weight is 328 g/mol. The van der Waals surface area contributed by atoms with Gasteiger partial charge >= 0.3 is 0 Å². The average Bonchev–Trinajstić information content (AvgIpc) is 2.50. The van der Waals surface area contributed by atoms with E-state index in [1.807, 2.05) is 6.92 Å². The first-order chi connectivity index (χ1) is 10.9. The molecule has 4 heteroatoms. The fraction of sp³-hybridized carbons (Fsp3) is 0.550. The van der Waals surface area contributed by atoms with E-state index in [0.717, 1.165) is 0 Å². The van der Waals surface area contributed by atoms with Gasteiger partial charge in [-0.1, -0.05) is 45.9 Å². The summed E-state index contributed by atoms with van der Waals surface area (Å²) in [6, 6.07) is 0. The molecule has 0 saturated heterocycles. The number of Topliss-reactive ketones (excluding diaryl/α,β-unsaturated/α-hetero) is 2. The van der Waals surface area contributed by atoms with Crippen LogP contribution in [0.15, 0.2) is 36.5 Å². The molecule has 4 unspecified atom stereocenters. The number of fused-ring (bicyclic) bond motifs is 3. The predicted octanol–water partition coefficient (Wildman–Crippen LogP) is 2.57. The molecular weight excluding hydrogens is 304 g/mol. The van der Waals surface area contributed by atoms with Crippen molar-refractivity contribution in [3.05, 3.63) is 36.5 Å². The quantitative estimate of drug-likeness (QED) is 0.751. The normalized spacial score (nSPS) is 43.8. The van der Waals surface area contributed by atoms with Crippen LogP contribution < -0.4 is 0 Å². The van der Waals surface area contributed by atoms with Crippen LogP contribution in [-0.2, 0) is 14.4 Å². The maximum absolute atomic E-state index is 13.0. The van der Waals surface area contributed by atoms with Crippen LogP contribution in [-0.4, -0.2) is 28.1 Å². The molecule has 4 nitrogen and oxygen atoms in total. The third-order valence-corrected chi connectivity index (χ3v) is 6.56. The van der Waals surface area contributed by atoms with Gasteiger partial charge in [0, 0.05) is 34.7 Å². The SMILES string of the molecule is C=CC1(C)C=C2C(=O)CC3C(C)(C)C(=O)C=CC3(C)C2(O)C(=O)C1. The van der Waals surface area contributed by atoms with Gasteiger partial charge in [-0.2, -0.15) is 0 Å². The number of rotatable bonds is 1. The summed E-state index contributed by atoms with van der Waals surface area (Å²) in [5, 5.41) is 11.5. The summed E-state index contributed by atoms with van der Waals surface area (Å²) in [6.07, 6.45) is 6.67. The summed E-state index contributed by atoms with van der Waals surface area (Å²) in [5.74, 6) is -1.13. The van der Waals surface area contributed by atoms with Crippen LogP contribution in [0.2, 0.25) is 0 Å². The van der Waals surface area contributed by atoms with Gasteiger partial charge in [-0.25, -0.2) is 0 Å². The molecular formula is C20H24O4. The molecule has 0 aromatic rings. The highest BCUT2D eigenvalue weighted by atomic mass is 16.3. The summed E-state index contributed by atoms with van der Waals surface area (Å²) in [4.78, 5) is 38.2. The van der Waals surface area contributed by atoms with Crippen molar-refractivity contribution in [1.82, 2.24) is 0 Å². The molecule has 3 aliphatic rings. The highest BCUT2D eigenvalue weighted by molar-refractivity contribution is 6.11. The summed E-state index contributed by atoms with van der Waals surface area (Å²) < 4.78 is 0. The molecule has 1 fully saturated rings. The van der Waals surface area contributed by atoms with Gasteiger partial charge in [-0.3, -0.25) is 14.4 Å². The van der Waals surface area contributed by atoms with Crippen molar-refractivity contribution in [2.75, 3.05) is 0 Å². The zero-order chi connectivity index (χ0) is 18.1. The third kappa shape index (κ3) is 1.80. The molecule has 24 heavy (non-hydrogen) atoms. The van der Waals surface area contributed by atoms with Crippen LogP contribution in [0.4, 0.5) is 0 Å². The molecule has 0 aromatic carbocycles. The van der Waals surface area contributed by atoms with E-state index in [1.165, 1.54) is 6.08 Å². The van der Waals surface area contributed by atoms with Gasteiger partial charge in [0.2, 0.25) is 0 Å². The lowest BCUT2D eigenvalue weighted by Gasteiger charge is -2.58. The van der Waals surface area contributed by atoms with Gasteiger partial charge in [0.1, 0.15) is 0 Å². The summed E-state index contributed by atoms with van der Waals surface area (Å²) in [7, 11) is 0. The highest BCUT2D eigenvalue weighted by Crippen LogP contribution is 2.61. The number of aliphatic hydroxyl groups is 1. The van der Waals surface area contributed by atoms with Crippen LogP contribution >= 0.6 is 0 Å². The van der Waals surface area contributed by atoms with E-state index in [0.29, 0.717) is 0 Å². The van der Waals surface area contributed by atoms with Crippen molar-refractivity contribution in [3.8, 4) is 0 Å². The van der Waals surface area contributed by atoms with Crippen LogP contribution in [0.25, 0.3) is 0 Å². The number of hydrogen-bond acceptors (Lipinski definition) is 4. The Bertz CT molecular complexity index is 741. The minimum atomic E-state index is -1.88. The van der Waals surface area contributed by atoms with Crippen LogP contribution in [0.1, 0.15) is 40.5 Å². The topological polar surface area (TPSA) is 71.4 Å². The Morgan fingerprint density at radius 2 is 1.83 bits per heavy atom. The lowest BCUT2D eigenvalue weighted by Crippen LogP contribution is -2.67. The molecule has 0 heterocycles. The van der Waals surface area contributed by atoms with Crippen LogP contribution in [0.3, 0.4) is 0 Å². The van der Waals surface area contributed by atoms with Crippen LogP contribution in [0.5, 0.6) is 0 Å². The fourth-order valence-corrected chi connectivity index (χ4v) is 4.75. The van der Waals surface area contributed by atoms with Crippen molar-refractivity contribution >= 4 is 17.3 Å². The Labute approximate surface area is 142 Å². The molecule has 0 aromatic heterocycles. The maximum atomic E-state index is 13.0. The standard InChI is InChI=1S/C20H24O4/c1-6-18(4)10-12-13(21)9-14-17(2,3)15(22)7-8-19(14,5)20(12,24)16(23)11-18/h6-8,10,14,24H,1,9,11H2,2-5H3. The molecule has 0 amide bonds. The van der Waals surface area contributed by atoms with Gasteiger partial charge in [0.05, 0.1) is 0 Å². The number of carbonyl (C=O) groups excluding carboxylic acids is 3. The third-order valence-electron chi connectivity index (χ3n) is 6.56. The molecule has 4 atom stereocenters. The predicted molar refractivity (Wildman–Crippen MR) is 90.1 cm³/mol. The second-order valence-corrected chi connectivity index (χ2v) is 8.46. The number of allylic oxidation sites excluding steroid dienone is 3. The van der Waals surface area contributed by atoms with Crippen molar-refractivity contribution in [1.29, 1.82) is 0 Å². The molecule has 128 valence electrons. The largest absolute Gasteiger partial charge is 0.376 e. The van der Waals surface area contributed by atoms with Crippen molar-refractivity contribution in [3.63, 3.8) is 0 Å². The van der Waals surface area contributed by atoms with Gasteiger partial charge < -0.3 is 5.11 Å². The van der Waals surface area contributed by atoms with E-state index in [1.54, 1.807) is 39.0 Å². The Balaban J connectivity index is 2.29. The zero-order valence-electron chi connectivity index (χ0n) is 14.7. The minimum absolute atomic E-state index is 0.0759. The Hall–Kier alpha value is -1.81. The van der Waals surface area contributed by atoms with Crippen molar-refractivity contribution in [2.45, 2.75) is 46.1 Å². The van der Waals surface area contributed by atoms with E-state index in [4.69, 9.17) is 0 Å². The monoisotopic (exact) mass is 328 g/mol. The molecule has 0 radical (unpaired) electrons. The first-order valence-corrected chi connectivity index (χ1v) is 8.32. The van der Waals surface area contributed by atoms with E-state index in [9.17, 15) is 19.5 Å². The second kappa shape index (κ2) is 4.63. The molecule has 3 rings (SSSR count). The highest BCUT2D eigenvalue weighted by Gasteiger charge is 2.67. The van der Waals surface area contributed by atoms with Crippen molar-refractivity contribution in [2.24, 2.45) is 22.2 Å². The Kier molecular flexibility index (Phi) is 3.29. The molecule has 0 aliphatic heterocycles. The van der Waals surface area contributed by atoms with E-state index in [2.05, 4.69) is 6.58 Å². The van der Waals surface area contributed by atoms with Gasteiger partial charge in [-0.05, 0) is 12.0 Å². The molecule has 0 spiro atoms. The molecule has 0 bridgehead atoms. The molecule has 3 aliphatic carbocycles. The van der Waals surface area contributed by atoms with Crippen molar-refractivity contribution < 1.29 is 19.5 Å². The Morgan fingerprint density at radius 3 is 2.42 bits per heavy atom. The van der Waals surface area contributed by atoms with E-state index in [-0.39, 0.29) is 35.8 Å². The molecule has 1 N–H and O–H groups in total. The van der Waals surface area contributed by atoms with Gasteiger partial charge in [0.15, 0.2) is 23.0 Å². The van der Waals surface area contributed by atoms with Gasteiger partial charge in [0.25, 0.3) is 0 Å². The number of ketones is 3. The number of carbonyl (C=O) groups is 3. The summed E-state index contributed by atoms with van der Waals surface area (Å²) >= 11 is 0. The first-order valence-electron chi connectivity index (χ1n) is 8.32. The number of hydrogen-bond donors (Lipinski definition) is 1. The van der Waals surface area contributed by atoms with Gasteiger partial charge in [-0.15, -0.1) is 6.58 Å². The fourth-order valence-electron chi connectivity index (χ4n) is 4.75. The zero-order valence-corrected chi connectivity index (χ0v) is 14.7. The maximum Gasteiger partial charge on any atom is 0.171 e.